The van der Waals surface area contributed by atoms with E-state index in [0.717, 1.165) is 19.3 Å². The largest absolute Gasteiger partial charge is 0.389 e. The minimum Gasteiger partial charge on any atom is -0.389 e. The smallest absolute Gasteiger partial charge is 0.0745 e. The molecule has 0 rings (SSSR count). The van der Waals surface area contributed by atoms with Crippen molar-refractivity contribution in [3.05, 3.63) is 0 Å². The van der Waals surface area contributed by atoms with Gasteiger partial charge in [-0.1, -0.05) is 61.3 Å². The average Bonchev–Trinajstić information content (AvgIpc) is 2.33. The summed E-state index contributed by atoms with van der Waals surface area (Å²) in [5.74, 6) is 0.136. The van der Waals surface area contributed by atoms with E-state index in [4.69, 9.17) is 0 Å². The average molecular weight is 258 g/mol. The summed E-state index contributed by atoms with van der Waals surface area (Å²) in [5, 5.41) is 22.1. The molecule has 2 nitrogen and oxygen atoms in total. The molecule has 0 fully saturated rings. The normalized spacial score (nSPS) is 19.7. The van der Waals surface area contributed by atoms with Crippen molar-refractivity contribution in [1.29, 1.82) is 0 Å². The van der Waals surface area contributed by atoms with Gasteiger partial charge in [-0.3, -0.25) is 0 Å². The summed E-state index contributed by atoms with van der Waals surface area (Å²) < 4.78 is 0. The molecule has 0 aliphatic carbocycles. The maximum absolute atomic E-state index is 11.0. The summed E-state index contributed by atoms with van der Waals surface area (Å²) in [5.41, 5.74) is -2.13. The highest BCUT2D eigenvalue weighted by atomic mass is 16.3. The molecule has 0 saturated carbocycles. The zero-order valence-corrected chi connectivity index (χ0v) is 13.5. The number of unbranched alkanes of at least 4 members (excludes halogenated alkanes) is 1. The van der Waals surface area contributed by atoms with Gasteiger partial charge in [-0.05, 0) is 25.2 Å². The van der Waals surface area contributed by atoms with Crippen LogP contribution in [0.15, 0.2) is 0 Å². The van der Waals surface area contributed by atoms with Gasteiger partial charge < -0.3 is 10.2 Å². The molecule has 2 N–H and O–H groups in total. The summed E-state index contributed by atoms with van der Waals surface area (Å²) in [6.45, 7) is 14.3. The van der Waals surface area contributed by atoms with Gasteiger partial charge in [0.05, 0.1) is 11.2 Å². The minimum absolute atomic E-state index is 0.136. The van der Waals surface area contributed by atoms with Gasteiger partial charge in [-0.15, -0.1) is 0 Å². The minimum atomic E-state index is -0.828. The van der Waals surface area contributed by atoms with Crippen LogP contribution in [0.3, 0.4) is 0 Å². The van der Waals surface area contributed by atoms with Gasteiger partial charge in [0.1, 0.15) is 0 Å². The van der Waals surface area contributed by atoms with Crippen LogP contribution in [0, 0.1) is 11.3 Å². The summed E-state index contributed by atoms with van der Waals surface area (Å²) >= 11 is 0. The van der Waals surface area contributed by atoms with Gasteiger partial charge in [0, 0.05) is 5.41 Å². The zero-order valence-electron chi connectivity index (χ0n) is 13.5. The second-order valence-electron chi connectivity index (χ2n) is 6.55. The fourth-order valence-corrected chi connectivity index (χ4v) is 3.38. The Morgan fingerprint density at radius 2 is 1.44 bits per heavy atom. The molecule has 2 atom stereocenters. The number of hydrogen-bond donors (Lipinski definition) is 2. The van der Waals surface area contributed by atoms with Crippen molar-refractivity contribution in [2.75, 3.05) is 0 Å². The van der Waals surface area contributed by atoms with Crippen LogP contribution in [0.25, 0.3) is 0 Å². The Morgan fingerprint density at radius 3 is 1.72 bits per heavy atom. The molecule has 0 heterocycles. The van der Waals surface area contributed by atoms with E-state index in [0.29, 0.717) is 12.8 Å². The standard InChI is InChI=1S/C16H34O2/c1-8-11-12-15(17,9-2)14(6,7)16(18,10-3)13(4)5/h13,17-18H,8-12H2,1-7H3. The van der Waals surface area contributed by atoms with Crippen molar-refractivity contribution in [2.24, 2.45) is 11.3 Å². The zero-order chi connectivity index (χ0) is 14.6. The van der Waals surface area contributed by atoms with E-state index in [1.165, 1.54) is 0 Å². The van der Waals surface area contributed by atoms with E-state index >= 15 is 0 Å². The second kappa shape index (κ2) is 6.38. The van der Waals surface area contributed by atoms with E-state index in [1.807, 2.05) is 41.5 Å². The second-order valence-corrected chi connectivity index (χ2v) is 6.55. The van der Waals surface area contributed by atoms with E-state index in [2.05, 4.69) is 6.92 Å². The van der Waals surface area contributed by atoms with Crippen LogP contribution in [0.4, 0.5) is 0 Å². The molecule has 0 bridgehead atoms. The van der Waals surface area contributed by atoms with Crippen LogP contribution in [-0.2, 0) is 0 Å². The lowest BCUT2D eigenvalue weighted by atomic mass is 9.57. The van der Waals surface area contributed by atoms with Crippen molar-refractivity contribution in [1.82, 2.24) is 0 Å². The first kappa shape index (κ1) is 17.9. The van der Waals surface area contributed by atoms with Crippen molar-refractivity contribution in [3.8, 4) is 0 Å². The molecule has 2 heteroatoms. The highest BCUT2D eigenvalue weighted by Crippen LogP contribution is 2.50. The fourth-order valence-electron chi connectivity index (χ4n) is 3.38. The Labute approximate surface area is 114 Å². The first-order chi connectivity index (χ1) is 8.13. The monoisotopic (exact) mass is 258 g/mol. The van der Waals surface area contributed by atoms with Gasteiger partial charge in [0.2, 0.25) is 0 Å². The highest BCUT2D eigenvalue weighted by Gasteiger charge is 2.55. The Balaban J connectivity index is 5.40. The van der Waals surface area contributed by atoms with E-state index in [-0.39, 0.29) is 5.92 Å². The molecule has 0 aliphatic heterocycles. The Bertz CT molecular complexity index is 247. The molecule has 0 aliphatic rings. The van der Waals surface area contributed by atoms with Gasteiger partial charge in [-0.25, -0.2) is 0 Å². The maximum atomic E-state index is 11.0. The van der Waals surface area contributed by atoms with E-state index < -0.39 is 16.6 Å². The van der Waals surface area contributed by atoms with Gasteiger partial charge >= 0.3 is 0 Å². The molecular formula is C16H34O2. The highest BCUT2D eigenvalue weighted by molar-refractivity contribution is 5.05. The Kier molecular flexibility index (Phi) is 6.35. The van der Waals surface area contributed by atoms with Crippen molar-refractivity contribution >= 4 is 0 Å². The molecule has 0 aromatic rings. The topological polar surface area (TPSA) is 40.5 Å². The van der Waals surface area contributed by atoms with Crippen molar-refractivity contribution in [2.45, 2.75) is 91.8 Å². The third-order valence-corrected chi connectivity index (χ3v) is 5.27. The molecule has 2 unspecified atom stereocenters. The van der Waals surface area contributed by atoms with Crippen molar-refractivity contribution in [3.63, 3.8) is 0 Å². The summed E-state index contributed by atoms with van der Waals surface area (Å²) in [6.07, 6.45) is 4.21. The Hall–Kier alpha value is -0.0800. The number of rotatable bonds is 8. The summed E-state index contributed by atoms with van der Waals surface area (Å²) in [7, 11) is 0. The van der Waals surface area contributed by atoms with Crippen molar-refractivity contribution < 1.29 is 10.2 Å². The molecule has 0 saturated heterocycles. The third kappa shape index (κ3) is 2.91. The molecule has 110 valence electrons. The molecule has 0 amide bonds. The lowest BCUT2D eigenvalue weighted by molar-refractivity contribution is -0.204. The van der Waals surface area contributed by atoms with Gasteiger partial charge in [0.15, 0.2) is 0 Å². The van der Waals surface area contributed by atoms with Gasteiger partial charge in [0.25, 0.3) is 0 Å². The molecule has 0 aromatic heterocycles. The SMILES string of the molecule is CCCCC(O)(CC)C(C)(C)C(O)(CC)C(C)C. The summed E-state index contributed by atoms with van der Waals surface area (Å²) in [6, 6.07) is 0. The lowest BCUT2D eigenvalue weighted by Gasteiger charge is -2.54. The first-order valence-electron chi connectivity index (χ1n) is 7.57. The molecule has 0 aromatic carbocycles. The predicted octanol–water partition coefficient (Wildman–Crippen LogP) is 4.14. The van der Waals surface area contributed by atoms with Gasteiger partial charge in [-0.2, -0.15) is 0 Å². The maximum Gasteiger partial charge on any atom is 0.0745 e. The van der Waals surface area contributed by atoms with Crippen LogP contribution in [0.2, 0.25) is 0 Å². The van der Waals surface area contributed by atoms with Crippen LogP contribution < -0.4 is 0 Å². The number of hydrogen-bond acceptors (Lipinski definition) is 2. The fraction of sp³-hybridized carbons (Fsp3) is 1.00. The lowest BCUT2D eigenvalue weighted by Crippen LogP contribution is -2.60. The molecule has 18 heavy (non-hydrogen) atoms. The molecule has 0 spiro atoms. The predicted molar refractivity (Wildman–Crippen MR) is 78.6 cm³/mol. The summed E-state index contributed by atoms with van der Waals surface area (Å²) in [4.78, 5) is 0. The van der Waals surface area contributed by atoms with E-state index in [1.54, 1.807) is 0 Å². The Morgan fingerprint density at radius 1 is 0.944 bits per heavy atom. The van der Waals surface area contributed by atoms with Crippen LogP contribution in [-0.4, -0.2) is 21.4 Å². The van der Waals surface area contributed by atoms with Crippen LogP contribution in [0.1, 0.15) is 80.6 Å². The first-order valence-corrected chi connectivity index (χ1v) is 7.57. The van der Waals surface area contributed by atoms with Crippen LogP contribution >= 0.6 is 0 Å². The third-order valence-electron chi connectivity index (χ3n) is 5.27. The van der Waals surface area contributed by atoms with E-state index in [9.17, 15) is 10.2 Å². The number of aliphatic hydroxyl groups is 2. The van der Waals surface area contributed by atoms with Crippen LogP contribution in [0.5, 0.6) is 0 Å². The quantitative estimate of drug-likeness (QED) is 0.687. The molecule has 0 radical (unpaired) electrons. The molecular weight excluding hydrogens is 224 g/mol.